The minimum atomic E-state index is -1.54. The third kappa shape index (κ3) is 1.32. The number of hydrogen-bond donors (Lipinski definition) is 1. The molecule has 1 atom stereocenters. The van der Waals surface area contributed by atoms with Gasteiger partial charge in [0.25, 0.3) is 0 Å². The molecule has 0 amide bonds. The van der Waals surface area contributed by atoms with Crippen molar-refractivity contribution < 1.29 is 4.39 Å². The molecule has 2 N–H and O–H groups in total. The number of hydrogen-bond acceptors (Lipinski definition) is 3. The molecule has 0 aliphatic rings. The third-order valence-electron chi connectivity index (χ3n) is 2.00. The van der Waals surface area contributed by atoms with E-state index < -0.39 is 5.67 Å². The Hall–Kier alpha value is -0.970. The lowest BCUT2D eigenvalue weighted by molar-refractivity contribution is 0.150. The van der Waals surface area contributed by atoms with Crippen LogP contribution in [0.2, 0.25) is 0 Å². The number of rotatable bonds is 3. The quantitative estimate of drug-likeness (QED) is 0.715. The van der Waals surface area contributed by atoms with Gasteiger partial charge in [-0.05, 0) is 6.42 Å². The van der Waals surface area contributed by atoms with Crippen LogP contribution in [0.15, 0.2) is 6.33 Å². The monoisotopic (exact) mass is 172 g/mol. The zero-order chi connectivity index (χ0) is 9.19. The molecule has 0 bridgehead atoms. The van der Waals surface area contributed by atoms with Crippen LogP contribution < -0.4 is 5.73 Å². The molecule has 1 aromatic heterocycles. The summed E-state index contributed by atoms with van der Waals surface area (Å²) in [5.41, 5.74) is 3.79. The first kappa shape index (κ1) is 9.12. The van der Waals surface area contributed by atoms with E-state index in [2.05, 4.69) is 10.1 Å². The highest BCUT2D eigenvalue weighted by Gasteiger charge is 2.32. The van der Waals surface area contributed by atoms with Crippen LogP contribution in [0.3, 0.4) is 0 Å². The summed E-state index contributed by atoms with van der Waals surface area (Å²) in [6.07, 6.45) is 1.64. The number of alkyl halides is 1. The van der Waals surface area contributed by atoms with Crippen molar-refractivity contribution >= 4 is 0 Å². The topological polar surface area (TPSA) is 56.7 Å². The van der Waals surface area contributed by atoms with Crippen molar-refractivity contribution in [2.45, 2.75) is 19.0 Å². The van der Waals surface area contributed by atoms with Gasteiger partial charge in [-0.3, -0.25) is 4.68 Å². The zero-order valence-corrected chi connectivity index (χ0v) is 7.29. The second-order valence-electron chi connectivity index (χ2n) is 2.73. The number of nitrogens with zero attached hydrogens (tertiary/aromatic N) is 3. The predicted octanol–water partition coefficient (Wildman–Crippen LogP) is 0.349. The van der Waals surface area contributed by atoms with E-state index >= 15 is 0 Å². The lowest BCUT2D eigenvalue weighted by atomic mass is 10.0. The molecular weight excluding hydrogens is 159 g/mol. The fourth-order valence-electron chi connectivity index (χ4n) is 1.10. The van der Waals surface area contributed by atoms with Gasteiger partial charge in [0.05, 0.1) is 0 Å². The van der Waals surface area contributed by atoms with Crippen LogP contribution in [0.5, 0.6) is 0 Å². The zero-order valence-electron chi connectivity index (χ0n) is 7.29. The molecule has 1 rings (SSSR count). The van der Waals surface area contributed by atoms with Crippen LogP contribution in [0, 0.1) is 0 Å². The molecule has 68 valence electrons. The van der Waals surface area contributed by atoms with E-state index in [1.54, 1.807) is 14.0 Å². The highest BCUT2D eigenvalue weighted by atomic mass is 19.1. The molecule has 0 aliphatic carbocycles. The van der Waals surface area contributed by atoms with Gasteiger partial charge >= 0.3 is 0 Å². The van der Waals surface area contributed by atoms with Crippen molar-refractivity contribution in [3.63, 3.8) is 0 Å². The van der Waals surface area contributed by atoms with E-state index in [-0.39, 0.29) is 6.54 Å². The van der Waals surface area contributed by atoms with Gasteiger partial charge in [-0.1, -0.05) is 6.92 Å². The summed E-state index contributed by atoms with van der Waals surface area (Å²) in [6.45, 7) is 1.68. The van der Waals surface area contributed by atoms with Crippen molar-refractivity contribution in [1.29, 1.82) is 0 Å². The van der Waals surface area contributed by atoms with Crippen LogP contribution in [-0.4, -0.2) is 21.3 Å². The highest BCUT2D eigenvalue weighted by molar-refractivity contribution is 5.01. The van der Waals surface area contributed by atoms with Crippen molar-refractivity contribution in [3.8, 4) is 0 Å². The maximum atomic E-state index is 13.8. The van der Waals surface area contributed by atoms with Crippen LogP contribution >= 0.6 is 0 Å². The Morgan fingerprint density at radius 1 is 1.75 bits per heavy atom. The summed E-state index contributed by atoms with van der Waals surface area (Å²) < 4.78 is 15.2. The Balaban J connectivity index is 3.02. The van der Waals surface area contributed by atoms with Crippen molar-refractivity contribution in [1.82, 2.24) is 14.8 Å². The molecular formula is C7H13FN4. The van der Waals surface area contributed by atoms with Gasteiger partial charge in [0.2, 0.25) is 0 Å². The van der Waals surface area contributed by atoms with Crippen LogP contribution in [-0.2, 0) is 12.7 Å². The van der Waals surface area contributed by atoms with Gasteiger partial charge in [-0.15, -0.1) is 0 Å². The Labute approximate surface area is 70.6 Å². The van der Waals surface area contributed by atoms with Crippen molar-refractivity contribution in [2.24, 2.45) is 12.8 Å². The Bertz CT molecular complexity index is 254. The highest BCUT2D eigenvalue weighted by Crippen LogP contribution is 2.25. The third-order valence-corrected chi connectivity index (χ3v) is 2.00. The van der Waals surface area contributed by atoms with Gasteiger partial charge in [-0.25, -0.2) is 9.37 Å². The van der Waals surface area contributed by atoms with E-state index in [4.69, 9.17) is 5.73 Å². The Morgan fingerprint density at radius 3 is 2.75 bits per heavy atom. The van der Waals surface area contributed by atoms with Gasteiger partial charge in [0.1, 0.15) is 6.33 Å². The van der Waals surface area contributed by atoms with E-state index in [0.717, 1.165) is 0 Å². The summed E-state index contributed by atoms with van der Waals surface area (Å²) in [6, 6.07) is 0. The number of halogens is 1. The average molecular weight is 172 g/mol. The van der Waals surface area contributed by atoms with E-state index in [1.807, 2.05) is 0 Å². The fraction of sp³-hybridized carbons (Fsp3) is 0.714. The minimum absolute atomic E-state index is 0.0595. The van der Waals surface area contributed by atoms with Gasteiger partial charge in [0.15, 0.2) is 11.5 Å². The second kappa shape index (κ2) is 3.18. The molecule has 1 heterocycles. The number of aryl methyl sites for hydroxylation is 1. The SMILES string of the molecule is CCC(F)(CN)c1ncnn1C. The lowest BCUT2D eigenvalue weighted by Gasteiger charge is -2.19. The molecule has 12 heavy (non-hydrogen) atoms. The standard InChI is InChI=1S/C7H13FN4/c1-3-7(8,4-9)6-10-5-11-12(6)2/h5H,3-4,9H2,1-2H3. The van der Waals surface area contributed by atoms with Crippen molar-refractivity contribution in [2.75, 3.05) is 6.54 Å². The maximum absolute atomic E-state index is 13.8. The Kier molecular flexibility index (Phi) is 2.42. The van der Waals surface area contributed by atoms with E-state index in [9.17, 15) is 4.39 Å². The summed E-state index contributed by atoms with van der Waals surface area (Å²) in [7, 11) is 1.65. The van der Waals surface area contributed by atoms with Crippen LogP contribution in [0.25, 0.3) is 0 Å². The molecule has 1 aromatic rings. The van der Waals surface area contributed by atoms with Crippen molar-refractivity contribution in [3.05, 3.63) is 12.2 Å². The summed E-state index contributed by atoms with van der Waals surface area (Å²) in [5, 5.41) is 3.79. The van der Waals surface area contributed by atoms with Crippen LogP contribution in [0.1, 0.15) is 19.2 Å². The fourth-order valence-corrected chi connectivity index (χ4v) is 1.10. The molecule has 0 radical (unpaired) electrons. The predicted molar refractivity (Wildman–Crippen MR) is 43.1 cm³/mol. The van der Waals surface area contributed by atoms with Crippen LogP contribution in [0.4, 0.5) is 4.39 Å². The Morgan fingerprint density at radius 2 is 2.42 bits per heavy atom. The van der Waals surface area contributed by atoms with Gasteiger partial charge < -0.3 is 5.73 Å². The maximum Gasteiger partial charge on any atom is 0.181 e. The summed E-state index contributed by atoms with van der Waals surface area (Å²) in [4.78, 5) is 3.83. The van der Waals surface area contributed by atoms with Gasteiger partial charge in [-0.2, -0.15) is 5.10 Å². The lowest BCUT2D eigenvalue weighted by Crippen LogP contribution is -2.32. The first-order valence-corrected chi connectivity index (χ1v) is 3.87. The summed E-state index contributed by atoms with van der Waals surface area (Å²) in [5.74, 6) is 0.299. The molecule has 0 fully saturated rings. The smallest absolute Gasteiger partial charge is 0.181 e. The van der Waals surface area contributed by atoms with Gasteiger partial charge in [0, 0.05) is 13.6 Å². The first-order chi connectivity index (χ1) is 5.64. The normalized spacial score (nSPS) is 16.0. The molecule has 0 aromatic carbocycles. The molecule has 0 saturated heterocycles. The number of nitrogens with two attached hydrogens (primary N) is 1. The molecule has 0 spiro atoms. The average Bonchev–Trinajstić information content (AvgIpc) is 2.51. The number of aromatic nitrogens is 3. The largest absolute Gasteiger partial charge is 0.327 e. The second-order valence-corrected chi connectivity index (χ2v) is 2.73. The first-order valence-electron chi connectivity index (χ1n) is 3.87. The molecule has 5 heteroatoms. The molecule has 1 unspecified atom stereocenters. The summed E-state index contributed by atoms with van der Waals surface area (Å²) >= 11 is 0. The molecule has 0 saturated carbocycles. The molecule has 0 aliphatic heterocycles. The van der Waals surface area contributed by atoms with E-state index in [1.165, 1.54) is 11.0 Å². The minimum Gasteiger partial charge on any atom is -0.327 e. The van der Waals surface area contributed by atoms with E-state index in [0.29, 0.717) is 12.2 Å². The molecule has 4 nitrogen and oxygen atoms in total.